The van der Waals surface area contributed by atoms with Gasteiger partial charge in [-0.2, -0.15) is 5.10 Å². The number of hydrogen-bond donors (Lipinski definition) is 2. The number of amides is 2. The van der Waals surface area contributed by atoms with Gasteiger partial charge in [0.15, 0.2) is 5.82 Å². The van der Waals surface area contributed by atoms with Gasteiger partial charge in [0, 0.05) is 34.7 Å². The predicted molar refractivity (Wildman–Crippen MR) is 117 cm³/mol. The first-order valence-electron chi connectivity index (χ1n) is 9.02. The van der Waals surface area contributed by atoms with E-state index in [1.54, 1.807) is 59.2 Å². The molecule has 2 aromatic carbocycles. The molecule has 0 spiro atoms. The van der Waals surface area contributed by atoms with Crippen LogP contribution in [0.4, 0.5) is 16.2 Å². The lowest BCUT2D eigenvalue weighted by atomic mass is 10.3. The van der Waals surface area contributed by atoms with Crippen molar-refractivity contribution in [3.8, 4) is 17.4 Å². The Balaban J connectivity index is 1.37. The average molecular weight is 418 g/mol. The van der Waals surface area contributed by atoms with Crippen LogP contribution in [0.2, 0.25) is 0 Å². The van der Waals surface area contributed by atoms with Gasteiger partial charge >= 0.3 is 6.03 Å². The number of ether oxygens (including phenoxy) is 1. The minimum atomic E-state index is -0.318. The van der Waals surface area contributed by atoms with Gasteiger partial charge in [0.1, 0.15) is 12.1 Å². The van der Waals surface area contributed by atoms with Gasteiger partial charge in [-0.1, -0.05) is 6.07 Å². The van der Waals surface area contributed by atoms with E-state index in [0.29, 0.717) is 23.1 Å². The minimum Gasteiger partial charge on any atom is -0.439 e. The molecule has 0 radical (unpaired) electrons. The summed E-state index contributed by atoms with van der Waals surface area (Å²) in [6.45, 7) is 0. The zero-order valence-corrected chi connectivity index (χ0v) is 16.8. The third-order valence-electron chi connectivity index (χ3n) is 4.03. The summed E-state index contributed by atoms with van der Waals surface area (Å²) in [5.41, 5.74) is 1.37. The van der Waals surface area contributed by atoms with E-state index in [1.807, 2.05) is 36.6 Å². The minimum absolute atomic E-state index is 0.318. The molecule has 0 aliphatic rings. The molecule has 2 heterocycles. The number of aromatic nitrogens is 4. The summed E-state index contributed by atoms with van der Waals surface area (Å²) in [5.74, 6) is 1.58. The van der Waals surface area contributed by atoms with Crippen molar-refractivity contribution in [2.24, 2.45) is 0 Å². The molecule has 2 aromatic heterocycles. The van der Waals surface area contributed by atoms with E-state index in [-0.39, 0.29) is 6.03 Å². The fourth-order valence-corrected chi connectivity index (χ4v) is 3.10. The van der Waals surface area contributed by atoms with Crippen LogP contribution in [0.1, 0.15) is 0 Å². The van der Waals surface area contributed by atoms with Gasteiger partial charge in [-0.05, 0) is 54.8 Å². The standard InChI is InChI=1S/C21H18N6O2S/c1-30-18-5-2-4-16(12-18)26-21(28)25-15-6-8-17(9-7-15)29-20-13-19(22-14-23-20)27-11-3-10-24-27/h2-14H,1H3,(H2,25,26,28). The summed E-state index contributed by atoms with van der Waals surface area (Å²) >= 11 is 1.62. The smallest absolute Gasteiger partial charge is 0.323 e. The molecule has 0 unspecified atom stereocenters. The van der Waals surface area contributed by atoms with Gasteiger partial charge < -0.3 is 15.4 Å². The number of nitrogens with one attached hydrogen (secondary N) is 2. The average Bonchev–Trinajstić information content (AvgIpc) is 3.30. The first-order valence-corrected chi connectivity index (χ1v) is 10.2. The fourth-order valence-electron chi connectivity index (χ4n) is 2.64. The zero-order valence-electron chi connectivity index (χ0n) is 16.0. The highest BCUT2D eigenvalue weighted by Gasteiger charge is 2.06. The van der Waals surface area contributed by atoms with Crippen molar-refractivity contribution in [3.63, 3.8) is 0 Å². The Morgan fingerprint density at radius 3 is 2.60 bits per heavy atom. The zero-order chi connectivity index (χ0) is 20.8. The summed E-state index contributed by atoms with van der Waals surface area (Å²) < 4.78 is 7.40. The third kappa shape index (κ3) is 4.95. The molecule has 0 atom stereocenters. The van der Waals surface area contributed by atoms with Gasteiger partial charge in [-0.3, -0.25) is 0 Å². The second-order valence-electron chi connectivity index (χ2n) is 6.10. The van der Waals surface area contributed by atoms with E-state index < -0.39 is 0 Å². The first kappa shape index (κ1) is 19.5. The van der Waals surface area contributed by atoms with Crippen LogP contribution in [0, 0.1) is 0 Å². The summed E-state index contributed by atoms with van der Waals surface area (Å²) in [6, 6.07) is 17.8. The molecule has 0 saturated heterocycles. The van der Waals surface area contributed by atoms with Crippen LogP contribution in [0.25, 0.3) is 5.82 Å². The van der Waals surface area contributed by atoms with E-state index in [4.69, 9.17) is 4.74 Å². The van der Waals surface area contributed by atoms with Gasteiger partial charge in [0.25, 0.3) is 0 Å². The molecule has 4 aromatic rings. The highest BCUT2D eigenvalue weighted by atomic mass is 32.2. The Morgan fingerprint density at radius 1 is 1.00 bits per heavy atom. The molecule has 30 heavy (non-hydrogen) atoms. The molecule has 0 fully saturated rings. The quantitative estimate of drug-likeness (QED) is 0.436. The molecule has 150 valence electrons. The number of anilines is 2. The van der Waals surface area contributed by atoms with Crippen LogP contribution in [-0.2, 0) is 0 Å². The Kier molecular flexibility index (Phi) is 5.90. The number of urea groups is 1. The van der Waals surface area contributed by atoms with E-state index in [0.717, 1.165) is 10.6 Å². The van der Waals surface area contributed by atoms with Crippen molar-refractivity contribution >= 4 is 29.2 Å². The van der Waals surface area contributed by atoms with E-state index in [9.17, 15) is 4.79 Å². The molecule has 2 amide bonds. The maximum Gasteiger partial charge on any atom is 0.323 e. The molecule has 0 aliphatic carbocycles. The number of thioether (sulfide) groups is 1. The molecule has 9 heteroatoms. The topological polar surface area (TPSA) is 94.0 Å². The molecule has 0 saturated carbocycles. The van der Waals surface area contributed by atoms with Crippen LogP contribution < -0.4 is 15.4 Å². The van der Waals surface area contributed by atoms with Crippen LogP contribution >= 0.6 is 11.8 Å². The normalized spacial score (nSPS) is 10.4. The van der Waals surface area contributed by atoms with Gasteiger partial charge in [-0.15, -0.1) is 11.8 Å². The molecular formula is C21H18N6O2S. The Bertz CT molecular complexity index is 1130. The number of benzene rings is 2. The number of hydrogen-bond acceptors (Lipinski definition) is 6. The van der Waals surface area contributed by atoms with Crippen molar-refractivity contribution in [1.29, 1.82) is 0 Å². The number of carbonyl (C=O) groups is 1. The van der Waals surface area contributed by atoms with Crippen molar-refractivity contribution < 1.29 is 9.53 Å². The number of carbonyl (C=O) groups excluding carboxylic acids is 1. The number of nitrogens with zero attached hydrogens (tertiary/aromatic N) is 4. The van der Waals surface area contributed by atoms with E-state index >= 15 is 0 Å². The molecular weight excluding hydrogens is 400 g/mol. The lowest BCUT2D eigenvalue weighted by molar-refractivity contribution is 0.262. The molecule has 2 N–H and O–H groups in total. The SMILES string of the molecule is CSc1cccc(NC(=O)Nc2ccc(Oc3cc(-n4cccn4)ncn3)cc2)c1. The Morgan fingerprint density at radius 2 is 1.83 bits per heavy atom. The maximum atomic E-state index is 12.2. The van der Waals surface area contributed by atoms with Crippen molar-refractivity contribution in [2.75, 3.05) is 16.9 Å². The van der Waals surface area contributed by atoms with Crippen molar-refractivity contribution in [1.82, 2.24) is 19.7 Å². The molecule has 0 bridgehead atoms. The maximum absolute atomic E-state index is 12.2. The van der Waals surface area contributed by atoms with Crippen LogP contribution in [0.3, 0.4) is 0 Å². The highest BCUT2D eigenvalue weighted by molar-refractivity contribution is 7.98. The van der Waals surface area contributed by atoms with E-state index in [1.165, 1.54) is 6.33 Å². The molecule has 4 rings (SSSR count). The van der Waals surface area contributed by atoms with Crippen molar-refractivity contribution in [3.05, 3.63) is 79.4 Å². The predicted octanol–water partition coefficient (Wildman–Crippen LogP) is 4.82. The largest absolute Gasteiger partial charge is 0.439 e. The lowest BCUT2D eigenvalue weighted by Gasteiger charge is -2.10. The summed E-state index contributed by atoms with van der Waals surface area (Å²) in [7, 11) is 0. The third-order valence-corrected chi connectivity index (χ3v) is 4.75. The Hall–Kier alpha value is -3.85. The second kappa shape index (κ2) is 9.10. The van der Waals surface area contributed by atoms with Crippen LogP contribution in [0.5, 0.6) is 11.6 Å². The van der Waals surface area contributed by atoms with Gasteiger partial charge in [0.2, 0.25) is 5.88 Å². The summed E-state index contributed by atoms with van der Waals surface area (Å²) in [4.78, 5) is 21.6. The summed E-state index contributed by atoms with van der Waals surface area (Å²) in [6.07, 6.45) is 6.86. The number of rotatable bonds is 6. The fraction of sp³-hybridized carbons (Fsp3) is 0.0476. The first-order chi connectivity index (χ1) is 14.7. The second-order valence-corrected chi connectivity index (χ2v) is 6.98. The molecule has 0 aliphatic heterocycles. The monoisotopic (exact) mass is 418 g/mol. The van der Waals surface area contributed by atoms with Crippen molar-refractivity contribution in [2.45, 2.75) is 4.90 Å². The van der Waals surface area contributed by atoms with E-state index in [2.05, 4.69) is 25.7 Å². The van der Waals surface area contributed by atoms with Gasteiger partial charge in [-0.25, -0.2) is 19.4 Å². The Labute approximate surface area is 177 Å². The highest BCUT2D eigenvalue weighted by Crippen LogP contribution is 2.23. The van der Waals surface area contributed by atoms with Crippen LogP contribution in [-0.4, -0.2) is 32.0 Å². The summed E-state index contributed by atoms with van der Waals surface area (Å²) in [5, 5.41) is 9.75. The molecule has 8 nitrogen and oxygen atoms in total. The lowest BCUT2D eigenvalue weighted by Crippen LogP contribution is -2.19. The van der Waals surface area contributed by atoms with Gasteiger partial charge in [0.05, 0.1) is 0 Å². The van der Waals surface area contributed by atoms with Crippen LogP contribution in [0.15, 0.2) is 84.3 Å².